The summed E-state index contributed by atoms with van der Waals surface area (Å²) in [6.45, 7) is 0. The van der Waals surface area contributed by atoms with Gasteiger partial charge in [-0.25, -0.2) is 5.84 Å². The van der Waals surface area contributed by atoms with E-state index in [0.717, 1.165) is 11.3 Å². The van der Waals surface area contributed by atoms with Crippen LogP contribution in [0.4, 0.5) is 5.69 Å². The summed E-state index contributed by atoms with van der Waals surface area (Å²) in [5.41, 5.74) is 4.29. The quantitative estimate of drug-likeness (QED) is 0.373. The van der Waals surface area contributed by atoms with E-state index in [1.807, 2.05) is 31.3 Å². The van der Waals surface area contributed by atoms with Crippen LogP contribution in [0.2, 0.25) is 0 Å². The molecule has 0 saturated heterocycles. The summed E-state index contributed by atoms with van der Waals surface area (Å²) in [4.78, 5) is 10.9. The summed E-state index contributed by atoms with van der Waals surface area (Å²) in [6.07, 6.45) is 1.11. The van der Waals surface area contributed by atoms with Crippen molar-refractivity contribution in [3.05, 3.63) is 29.8 Å². The number of nitrogens with two attached hydrogens (primary N) is 1. The van der Waals surface area contributed by atoms with Crippen LogP contribution >= 0.6 is 0 Å². The highest BCUT2D eigenvalue weighted by Gasteiger charge is 2.02. The Hall–Kier alpha value is -1.55. The first-order valence-corrected chi connectivity index (χ1v) is 4.53. The average molecular weight is 193 g/mol. The molecule has 0 heterocycles. The van der Waals surface area contributed by atoms with E-state index in [4.69, 9.17) is 5.84 Å². The minimum atomic E-state index is -0.143. The fourth-order valence-corrected chi connectivity index (χ4v) is 1.30. The summed E-state index contributed by atoms with van der Waals surface area (Å²) in [7, 11) is 1.86. The van der Waals surface area contributed by atoms with E-state index in [0.29, 0.717) is 12.8 Å². The van der Waals surface area contributed by atoms with Gasteiger partial charge in [0.2, 0.25) is 5.91 Å². The Bertz CT molecular complexity index is 312. The fraction of sp³-hybridized carbons (Fsp3) is 0.300. The third-order valence-corrected chi connectivity index (χ3v) is 2.07. The molecule has 0 spiro atoms. The minimum absolute atomic E-state index is 0.143. The highest BCUT2D eigenvalue weighted by molar-refractivity contribution is 5.75. The van der Waals surface area contributed by atoms with Gasteiger partial charge in [-0.3, -0.25) is 10.2 Å². The van der Waals surface area contributed by atoms with Crippen molar-refractivity contribution in [1.29, 1.82) is 0 Å². The number of para-hydroxylation sites is 1. The molecule has 0 unspecified atom stereocenters. The van der Waals surface area contributed by atoms with Gasteiger partial charge in [-0.2, -0.15) is 0 Å². The molecular weight excluding hydrogens is 178 g/mol. The number of nitrogens with one attached hydrogen (secondary N) is 2. The lowest BCUT2D eigenvalue weighted by Gasteiger charge is -2.07. The van der Waals surface area contributed by atoms with Crippen LogP contribution < -0.4 is 16.6 Å². The van der Waals surface area contributed by atoms with Crippen molar-refractivity contribution in [3.8, 4) is 0 Å². The first-order chi connectivity index (χ1) is 6.77. The number of amides is 1. The molecule has 0 fully saturated rings. The third kappa shape index (κ3) is 2.74. The van der Waals surface area contributed by atoms with Crippen molar-refractivity contribution in [2.75, 3.05) is 12.4 Å². The topological polar surface area (TPSA) is 67.2 Å². The van der Waals surface area contributed by atoms with E-state index in [2.05, 4.69) is 10.7 Å². The second kappa shape index (κ2) is 5.24. The van der Waals surface area contributed by atoms with Crippen LogP contribution in [0.3, 0.4) is 0 Å². The second-order valence-corrected chi connectivity index (χ2v) is 2.97. The zero-order chi connectivity index (χ0) is 10.4. The number of hydrazine groups is 1. The third-order valence-electron chi connectivity index (χ3n) is 2.07. The van der Waals surface area contributed by atoms with Gasteiger partial charge >= 0.3 is 0 Å². The molecule has 0 aromatic heterocycles. The highest BCUT2D eigenvalue weighted by Crippen LogP contribution is 2.15. The maximum absolute atomic E-state index is 10.9. The van der Waals surface area contributed by atoms with Crippen molar-refractivity contribution in [3.63, 3.8) is 0 Å². The highest BCUT2D eigenvalue weighted by atomic mass is 16.2. The van der Waals surface area contributed by atoms with Crippen molar-refractivity contribution in [2.45, 2.75) is 12.8 Å². The van der Waals surface area contributed by atoms with Crippen molar-refractivity contribution in [2.24, 2.45) is 5.84 Å². The zero-order valence-corrected chi connectivity index (χ0v) is 8.21. The normalized spacial score (nSPS) is 9.57. The van der Waals surface area contributed by atoms with Gasteiger partial charge in [0.1, 0.15) is 0 Å². The van der Waals surface area contributed by atoms with Crippen LogP contribution in [0, 0.1) is 0 Å². The van der Waals surface area contributed by atoms with Crippen molar-refractivity contribution < 1.29 is 4.79 Å². The summed E-state index contributed by atoms with van der Waals surface area (Å²) < 4.78 is 0. The van der Waals surface area contributed by atoms with Crippen molar-refractivity contribution in [1.82, 2.24) is 5.43 Å². The molecule has 4 heteroatoms. The van der Waals surface area contributed by atoms with E-state index in [1.54, 1.807) is 0 Å². The first kappa shape index (κ1) is 10.5. The number of anilines is 1. The van der Waals surface area contributed by atoms with Gasteiger partial charge in [0, 0.05) is 19.2 Å². The number of hydrogen-bond acceptors (Lipinski definition) is 3. The molecule has 1 aromatic carbocycles. The van der Waals surface area contributed by atoms with Crippen LogP contribution in [-0.4, -0.2) is 13.0 Å². The van der Waals surface area contributed by atoms with Gasteiger partial charge in [0.25, 0.3) is 0 Å². The van der Waals surface area contributed by atoms with Crippen LogP contribution in [0.25, 0.3) is 0 Å². The van der Waals surface area contributed by atoms with E-state index < -0.39 is 0 Å². The molecule has 14 heavy (non-hydrogen) atoms. The molecule has 1 aromatic rings. The molecular formula is C10H15N3O. The predicted molar refractivity (Wildman–Crippen MR) is 56.6 cm³/mol. The lowest BCUT2D eigenvalue weighted by molar-refractivity contribution is -0.121. The number of rotatable bonds is 4. The minimum Gasteiger partial charge on any atom is -0.388 e. The molecule has 4 N–H and O–H groups in total. The zero-order valence-electron chi connectivity index (χ0n) is 8.21. The molecule has 4 nitrogen and oxygen atoms in total. The smallest absolute Gasteiger partial charge is 0.234 e. The van der Waals surface area contributed by atoms with Crippen LogP contribution in [0.5, 0.6) is 0 Å². The summed E-state index contributed by atoms with van der Waals surface area (Å²) >= 11 is 0. The molecule has 0 bridgehead atoms. The summed E-state index contributed by atoms with van der Waals surface area (Å²) in [6, 6.07) is 7.89. The lowest BCUT2D eigenvalue weighted by Crippen LogP contribution is -2.30. The Kier molecular flexibility index (Phi) is 3.94. The van der Waals surface area contributed by atoms with Gasteiger partial charge in [-0.15, -0.1) is 0 Å². The molecule has 0 radical (unpaired) electrons. The number of carbonyl (C=O) groups excluding carboxylic acids is 1. The summed E-state index contributed by atoms with van der Waals surface area (Å²) in [5, 5.41) is 3.07. The van der Waals surface area contributed by atoms with E-state index in [1.165, 1.54) is 0 Å². The van der Waals surface area contributed by atoms with Gasteiger partial charge < -0.3 is 5.32 Å². The molecule has 76 valence electrons. The number of benzene rings is 1. The van der Waals surface area contributed by atoms with Gasteiger partial charge in [0.15, 0.2) is 0 Å². The molecule has 1 amide bonds. The Morgan fingerprint density at radius 3 is 2.79 bits per heavy atom. The second-order valence-electron chi connectivity index (χ2n) is 2.97. The molecule has 1 rings (SSSR count). The average Bonchev–Trinajstić information content (AvgIpc) is 2.26. The monoisotopic (exact) mass is 193 g/mol. The standard InChI is InChI=1S/C10H15N3O/c1-12-9-5-3-2-4-8(9)6-7-10(14)13-11/h2-5,12H,6-7,11H2,1H3,(H,13,14). The fourth-order valence-electron chi connectivity index (χ4n) is 1.30. The van der Waals surface area contributed by atoms with Gasteiger partial charge in [-0.05, 0) is 18.1 Å². The number of aryl methyl sites for hydroxylation is 1. The molecule has 0 aliphatic heterocycles. The maximum Gasteiger partial charge on any atom is 0.234 e. The van der Waals surface area contributed by atoms with E-state index in [-0.39, 0.29) is 5.91 Å². The molecule has 0 saturated carbocycles. The predicted octanol–water partition coefficient (Wildman–Crippen LogP) is 0.651. The van der Waals surface area contributed by atoms with Crippen molar-refractivity contribution >= 4 is 11.6 Å². The van der Waals surface area contributed by atoms with Crippen LogP contribution in [0.1, 0.15) is 12.0 Å². The lowest BCUT2D eigenvalue weighted by atomic mass is 10.1. The Morgan fingerprint density at radius 1 is 1.43 bits per heavy atom. The van der Waals surface area contributed by atoms with Gasteiger partial charge in [0.05, 0.1) is 0 Å². The summed E-state index contributed by atoms with van der Waals surface area (Å²) in [5.74, 6) is 4.85. The number of hydrogen-bond donors (Lipinski definition) is 3. The maximum atomic E-state index is 10.9. The van der Waals surface area contributed by atoms with Gasteiger partial charge in [-0.1, -0.05) is 18.2 Å². The SMILES string of the molecule is CNc1ccccc1CCC(=O)NN. The van der Waals surface area contributed by atoms with Crippen LogP contribution in [0.15, 0.2) is 24.3 Å². The van der Waals surface area contributed by atoms with Crippen LogP contribution in [-0.2, 0) is 11.2 Å². The number of carbonyl (C=O) groups is 1. The largest absolute Gasteiger partial charge is 0.388 e. The molecule has 0 aliphatic rings. The molecule has 0 atom stereocenters. The Labute approximate surface area is 83.5 Å². The van der Waals surface area contributed by atoms with E-state index >= 15 is 0 Å². The Balaban J connectivity index is 2.61. The Morgan fingerprint density at radius 2 is 2.14 bits per heavy atom. The van der Waals surface area contributed by atoms with E-state index in [9.17, 15) is 4.79 Å². The first-order valence-electron chi connectivity index (χ1n) is 4.53. The molecule has 0 aliphatic carbocycles.